The number of hydrogen-bond acceptors (Lipinski definition) is 18. The lowest BCUT2D eigenvalue weighted by molar-refractivity contribution is -0.346. The predicted molar refractivity (Wildman–Crippen MR) is 360 cm³/mol. The van der Waals surface area contributed by atoms with Gasteiger partial charge in [-0.15, -0.1) is 0 Å². The van der Waals surface area contributed by atoms with Crippen molar-refractivity contribution in [2.75, 3.05) is 11.9 Å². The number of fused-ring (bicyclic) bond motifs is 5. The Morgan fingerprint density at radius 2 is 1.20 bits per heavy atom. The average Bonchev–Trinajstić information content (AvgIpc) is 0.670. The Bertz CT molecular complexity index is 3370. The van der Waals surface area contributed by atoms with Gasteiger partial charge in [-0.2, -0.15) is 0 Å². The summed E-state index contributed by atoms with van der Waals surface area (Å²) in [7, 11) is 0. The first-order valence-electron chi connectivity index (χ1n) is 34.2. The Morgan fingerprint density at radius 3 is 1.72 bits per heavy atom. The molecule has 3 fully saturated rings. The van der Waals surface area contributed by atoms with Gasteiger partial charge >= 0.3 is 29.8 Å². The molecule has 4 aromatic rings. The molecule has 0 unspecified atom stereocenters. The number of carbonyl (C=O) groups is 9. The van der Waals surface area contributed by atoms with Gasteiger partial charge in [-0.1, -0.05) is 190 Å². The number of amides is 2. The van der Waals surface area contributed by atoms with E-state index < -0.39 is 137 Å². The molecule has 4 aromatic carbocycles. The van der Waals surface area contributed by atoms with Crippen LogP contribution < -0.4 is 15.7 Å². The predicted octanol–water partition coefficient (Wildman–Crippen LogP) is 11.3. The molecule has 2 bridgehead atoms. The lowest BCUT2D eigenvalue weighted by Crippen LogP contribution is -2.82. The Hall–Kier alpha value is -8.07. The topological polar surface area (TPSA) is 297 Å². The van der Waals surface area contributed by atoms with Gasteiger partial charge in [0.05, 0.1) is 36.0 Å². The van der Waals surface area contributed by atoms with Crippen LogP contribution in [0.4, 0.5) is 5.69 Å². The number of nitrogens with one attached hydrogen (secondary N) is 2. The molecule has 97 heavy (non-hydrogen) atoms. The molecule has 11 atom stereocenters. The fourth-order valence-corrected chi connectivity index (χ4v) is 14.8. The van der Waals surface area contributed by atoms with E-state index >= 15 is 9.59 Å². The van der Waals surface area contributed by atoms with Crippen LogP contribution in [0.5, 0.6) is 0 Å². The molecule has 4 aliphatic rings. The number of aliphatic hydroxyl groups excluding tert-OH is 1. The van der Waals surface area contributed by atoms with Crippen LogP contribution in [0.1, 0.15) is 222 Å². The quantitative estimate of drug-likeness (QED) is 0.0146. The third kappa shape index (κ3) is 18.6. The standard InChI is InChI=1S/C76H96N2O18.CH4/c1-49-57(47-76(90)69(95-71(88)55-37-29-23-30-38-55)67-74(6,58(81)46-59-75(67,48-91-59)96-51(3)80)68(86)65(92-50(2)79)63(49)73(76,4)5)93-72(89)66(64(53-33-25-21-26-34-53)78-70(87)54-35-27-22-28-36-54)94-62(85)45-44-60(82)77-56-42-40-52(41-43-56)32-24-19-17-15-13-11-9-7-8-10-12-14-16-18-20-31-39-61(83)84;/h21-23,25-30,33-38,40-43,57-59,64-67,69,81,90H,7-20,24,31-32,39,44-48H2,1-6H3,(H,77,82)(H,78,87)(H,83,84);1H4/p-1/t57-,58-,59+,64-,65+,66+,67-,69-,74+,75-,76+;/m0./s1. The summed E-state index contributed by atoms with van der Waals surface area (Å²) in [5.74, 6) is -9.73. The summed E-state index contributed by atoms with van der Waals surface area (Å²) in [4.78, 5) is 125. The minimum Gasteiger partial charge on any atom is -0.550 e. The van der Waals surface area contributed by atoms with Gasteiger partial charge in [-0.25, -0.2) is 9.59 Å². The summed E-state index contributed by atoms with van der Waals surface area (Å²) in [5.41, 5.74) is -6.09. The number of aryl methyl sites for hydroxylation is 1. The summed E-state index contributed by atoms with van der Waals surface area (Å²) < 4.78 is 37.2. The highest BCUT2D eigenvalue weighted by Crippen LogP contribution is 2.64. The third-order valence-corrected chi connectivity index (χ3v) is 20.1. The first-order valence-corrected chi connectivity index (χ1v) is 34.2. The van der Waals surface area contributed by atoms with E-state index in [0.717, 1.165) is 51.5 Å². The van der Waals surface area contributed by atoms with E-state index in [-0.39, 0.29) is 61.1 Å². The zero-order valence-corrected chi connectivity index (χ0v) is 56.3. The fraction of sp³-hybridized carbons (Fsp3) is 0.545. The van der Waals surface area contributed by atoms with Crippen molar-refractivity contribution in [2.45, 2.75) is 244 Å². The maximum Gasteiger partial charge on any atom is 0.350 e. The molecular weight excluding hydrogens is 1240 g/mol. The number of anilines is 1. The van der Waals surface area contributed by atoms with Gasteiger partial charge in [0.15, 0.2) is 17.5 Å². The number of unbranched alkanes of at least 4 members (excludes halogenated alkanes) is 15. The second-order valence-corrected chi connectivity index (χ2v) is 27.1. The Balaban J connectivity index is 0.0000133. The van der Waals surface area contributed by atoms with Gasteiger partial charge in [0, 0.05) is 55.7 Å². The number of ketones is 1. The highest BCUT2D eigenvalue weighted by molar-refractivity contribution is 5.97. The third-order valence-electron chi connectivity index (χ3n) is 20.1. The summed E-state index contributed by atoms with van der Waals surface area (Å²) in [5, 5.41) is 42.7. The van der Waals surface area contributed by atoms with Crippen LogP contribution in [0.25, 0.3) is 0 Å². The first-order chi connectivity index (χ1) is 45.9. The van der Waals surface area contributed by atoms with E-state index in [1.807, 2.05) is 12.1 Å². The molecule has 1 heterocycles. The molecule has 2 saturated carbocycles. The van der Waals surface area contributed by atoms with Crippen molar-refractivity contribution in [2.24, 2.45) is 16.7 Å². The minimum absolute atomic E-state index is 0. The van der Waals surface area contributed by atoms with Gasteiger partial charge in [-0.3, -0.25) is 28.8 Å². The number of carboxylic acid groups (broad SMARTS) is 1. The molecule has 4 N–H and O–H groups in total. The Morgan fingerprint density at radius 1 is 0.660 bits per heavy atom. The van der Waals surface area contributed by atoms with Gasteiger partial charge in [-0.05, 0) is 98.2 Å². The lowest BCUT2D eigenvalue weighted by atomic mass is 9.44. The fourth-order valence-electron chi connectivity index (χ4n) is 14.8. The molecule has 0 aromatic heterocycles. The molecule has 1 aliphatic heterocycles. The van der Waals surface area contributed by atoms with Crippen molar-refractivity contribution in [3.63, 3.8) is 0 Å². The summed E-state index contributed by atoms with van der Waals surface area (Å²) in [6.45, 7) is 7.83. The largest absolute Gasteiger partial charge is 0.550 e. The number of aliphatic carboxylic acids is 1. The number of ether oxygens (including phenoxy) is 6. The number of esters is 5. The lowest BCUT2D eigenvalue weighted by Gasteiger charge is -2.67. The van der Waals surface area contributed by atoms with Crippen LogP contribution in [0.3, 0.4) is 0 Å². The van der Waals surface area contributed by atoms with Crippen molar-refractivity contribution < 1.29 is 86.9 Å². The second kappa shape index (κ2) is 34.9. The van der Waals surface area contributed by atoms with E-state index in [4.69, 9.17) is 28.4 Å². The summed E-state index contributed by atoms with van der Waals surface area (Å²) >= 11 is 0. The number of rotatable bonds is 34. The molecule has 526 valence electrons. The van der Waals surface area contributed by atoms with E-state index in [2.05, 4.69) is 10.6 Å². The Labute approximate surface area is 570 Å². The monoisotopic (exact) mass is 1340 g/mol. The van der Waals surface area contributed by atoms with E-state index in [1.165, 1.54) is 96.6 Å². The number of hydrogen-bond donors (Lipinski definition) is 4. The highest BCUT2D eigenvalue weighted by Gasteiger charge is 2.78. The number of benzene rings is 4. The molecule has 0 spiro atoms. The van der Waals surface area contributed by atoms with Gasteiger partial charge < -0.3 is 59.2 Å². The van der Waals surface area contributed by atoms with E-state index in [9.17, 15) is 48.9 Å². The van der Waals surface area contributed by atoms with Gasteiger partial charge in [0.1, 0.15) is 30.0 Å². The van der Waals surface area contributed by atoms with Gasteiger partial charge in [0.2, 0.25) is 12.0 Å². The SMILES string of the molecule is C.CC(=O)O[C@H]1C(=O)[C@@]2(C)[C@H]([C@H](OC(=O)c3ccccc3)[C@]3(O)C[C@H](OC(=O)[C@H](OC(=O)CCC(=O)Nc4ccc(CCCCCCCCCCCCCCCCCCC(=O)[O-])cc4)[C@@H](NC(=O)c4ccccc4)c4ccccc4)C(C)=C1C3(C)C)[C@]1(OC(C)=O)CO[C@@H]1C[C@@H]2O. The van der Waals surface area contributed by atoms with Crippen molar-refractivity contribution in [3.8, 4) is 0 Å². The van der Waals surface area contributed by atoms with Crippen LogP contribution in [-0.2, 0) is 68.4 Å². The number of carboxylic acids is 1. The zero-order valence-electron chi connectivity index (χ0n) is 56.3. The number of Topliss-reactive ketones (excluding diaryl/α,β-unsaturated/α-hetero) is 1. The molecule has 20 heteroatoms. The number of carbonyl (C=O) groups excluding carboxylic acids is 9. The first kappa shape index (κ1) is 76.3. The van der Waals surface area contributed by atoms with Crippen molar-refractivity contribution in [1.29, 1.82) is 0 Å². The van der Waals surface area contributed by atoms with Crippen molar-refractivity contribution in [1.82, 2.24) is 5.32 Å². The highest BCUT2D eigenvalue weighted by atomic mass is 16.6. The van der Waals surface area contributed by atoms with Gasteiger partial charge in [0.25, 0.3) is 5.91 Å². The molecule has 20 nitrogen and oxygen atoms in total. The maximum absolute atomic E-state index is 15.9. The molecule has 3 aliphatic carbocycles. The number of aliphatic hydroxyl groups is 2. The smallest absolute Gasteiger partial charge is 0.350 e. The molecule has 8 rings (SSSR count). The van der Waals surface area contributed by atoms with Crippen LogP contribution >= 0.6 is 0 Å². The minimum atomic E-state index is -2.51. The van der Waals surface area contributed by atoms with E-state index in [0.29, 0.717) is 12.1 Å². The molecular formula is C77H99N2O18-. The van der Waals surface area contributed by atoms with Crippen LogP contribution in [-0.4, -0.2) is 118 Å². The average molecular weight is 1340 g/mol. The summed E-state index contributed by atoms with van der Waals surface area (Å²) in [6, 6.07) is 30.1. The van der Waals surface area contributed by atoms with Crippen LogP contribution in [0.2, 0.25) is 0 Å². The second-order valence-electron chi connectivity index (χ2n) is 27.1. The van der Waals surface area contributed by atoms with Crippen LogP contribution in [0, 0.1) is 16.7 Å². The summed E-state index contributed by atoms with van der Waals surface area (Å²) in [6.07, 6.45) is 7.48. The van der Waals surface area contributed by atoms with Crippen molar-refractivity contribution in [3.05, 3.63) is 149 Å². The normalized spacial score (nSPS) is 24.3. The molecule has 1 saturated heterocycles. The van der Waals surface area contributed by atoms with E-state index in [1.54, 1.807) is 105 Å². The maximum atomic E-state index is 15.9. The van der Waals surface area contributed by atoms with Crippen LogP contribution in [0.15, 0.2) is 126 Å². The Kier molecular flexibility index (Phi) is 27.5. The zero-order chi connectivity index (χ0) is 69.2. The molecule has 2 amide bonds. The molecule has 0 radical (unpaired) electrons. The van der Waals surface area contributed by atoms with Crippen molar-refractivity contribution >= 4 is 59.1 Å².